The second-order valence-corrected chi connectivity index (χ2v) is 23.5. The summed E-state index contributed by atoms with van der Waals surface area (Å²) in [6, 6.07) is 11.5. The van der Waals surface area contributed by atoms with Crippen molar-refractivity contribution in [2.24, 2.45) is 23.3 Å². The SMILES string of the molecule is CC(=O)N1CCc2c(c(N3CCCc4cc(-c5cnn(C)c5)c(C)cc43)nn2C2CCN(C3CCC4(CC3)CN(c3ncc(C(=O)NC5C(C)(C)C(Oc6ccc(C#N)c(C)c6C)C5(C)C)cn3)C4)CC2)C1. The van der Waals surface area contributed by atoms with Gasteiger partial charge in [-0.1, -0.05) is 27.7 Å². The first kappa shape index (κ1) is 48.0. The lowest BCUT2D eigenvalue weighted by molar-refractivity contribution is -0.164. The maximum absolute atomic E-state index is 13.7. The van der Waals surface area contributed by atoms with E-state index in [4.69, 9.17) is 19.8 Å². The van der Waals surface area contributed by atoms with E-state index in [1.165, 1.54) is 59.3 Å². The number of rotatable bonds is 9. The summed E-state index contributed by atoms with van der Waals surface area (Å²) < 4.78 is 10.9. The fourth-order valence-electron chi connectivity index (χ4n) is 14.1. The maximum Gasteiger partial charge on any atom is 0.254 e. The van der Waals surface area contributed by atoms with Gasteiger partial charge in [0, 0.05) is 129 Å². The number of aryl methyl sites for hydroxylation is 3. The molecule has 4 fully saturated rings. The van der Waals surface area contributed by atoms with Gasteiger partial charge in [-0.15, -0.1) is 0 Å². The fraction of sp³-hybridized carbons (Fsp3) is 0.561. The molecule has 0 unspecified atom stereocenters. The van der Waals surface area contributed by atoms with Gasteiger partial charge >= 0.3 is 0 Å². The number of nitrogens with one attached hydrogen (secondary N) is 1. The highest BCUT2D eigenvalue weighted by Crippen LogP contribution is 2.56. The lowest BCUT2D eigenvalue weighted by Gasteiger charge is -2.63. The van der Waals surface area contributed by atoms with Crippen molar-refractivity contribution in [1.82, 2.24) is 44.6 Å². The molecule has 0 bridgehead atoms. The Bertz CT molecular complexity index is 2940. The lowest BCUT2D eigenvalue weighted by atomic mass is 9.49. The molecular weight excluding hydrogens is 901 g/mol. The number of ether oxygens (including phenoxy) is 1. The average Bonchev–Trinajstić information content (AvgIpc) is 3.98. The standard InChI is InChI=1S/C57H72N12O3/c1-35-25-48-39(26-45(35)42-30-61-64(9)31-42)11-10-21-68(48)50-46-32-66(38(4)70)24-18-47(46)69(63-50)44-16-22-65(23-17-44)43-14-19-57(20-15-43)33-67(34-57)54-59-28-41(29-60-54)51(71)62-52-55(5,6)53(56(52,7)8)72-49-13-12-40(27-58)36(2)37(49)3/h12-13,25-26,28-31,43-44,52-53H,10-11,14-24,32-34H2,1-9H3,(H,62,71). The molecule has 1 spiro atoms. The summed E-state index contributed by atoms with van der Waals surface area (Å²) in [5.41, 5.74) is 11.4. The molecule has 7 heterocycles. The van der Waals surface area contributed by atoms with Crippen molar-refractivity contribution in [3.63, 3.8) is 0 Å². The molecule has 2 aliphatic carbocycles. The molecule has 5 aromatic rings. The molecule has 2 saturated carbocycles. The van der Waals surface area contributed by atoms with Gasteiger partial charge in [-0.2, -0.15) is 15.5 Å². The van der Waals surface area contributed by atoms with E-state index in [0.29, 0.717) is 41.1 Å². The number of anilines is 3. The Morgan fingerprint density at radius 1 is 0.875 bits per heavy atom. The second-order valence-electron chi connectivity index (χ2n) is 23.5. The zero-order valence-corrected chi connectivity index (χ0v) is 43.9. The topological polar surface area (TPSA) is 154 Å². The molecule has 15 heteroatoms. The summed E-state index contributed by atoms with van der Waals surface area (Å²) in [4.78, 5) is 45.3. The number of nitrogens with zero attached hydrogens (tertiary/aromatic N) is 11. The molecule has 6 aliphatic rings. The van der Waals surface area contributed by atoms with E-state index in [1.54, 1.807) is 19.3 Å². The third kappa shape index (κ3) is 8.21. The van der Waals surface area contributed by atoms with Gasteiger partial charge in [0.2, 0.25) is 11.9 Å². The van der Waals surface area contributed by atoms with Gasteiger partial charge in [-0.25, -0.2) is 9.97 Å². The number of carbonyl (C=O) groups is 2. The number of nitriles is 1. The molecule has 3 aromatic heterocycles. The Morgan fingerprint density at radius 3 is 2.26 bits per heavy atom. The van der Waals surface area contributed by atoms with E-state index in [-0.39, 0.29) is 34.8 Å². The van der Waals surface area contributed by atoms with Crippen LogP contribution in [0, 0.1) is 48.3 Å². The molecule has 1 N–H and O–H groups in total. The van der Waals surface area contributed by atoms with Crippen molar-refractivity contribution in [3.05, 3.63) is 93.7 Å². The van der Waals surface area contributed by atoms with Gasteiger partial charge in [0.05, 0.1) is 36.0 Å². The first-order valence-corrected chi connectivity index (χ1v) is 26.5. The van der Waals surface area contributed by atoms with Gasteiger partial charge < -0.3 is 29.7 Å². The van der Waals surface area contributed by atoms with Gasteiger partial charge in [-0.05, 0) is 124 Å². The average molecular weight is 973 g/mol. The molecule has 72 heavy (non-hydrogen) atoms. The number of benzene rings is 2. The number of hydrogen-bond acceptors (Lipinski definition) is 11. The molecule has 0 radical (unpaired) electrons. The Hall–Kier alpha value is -6.27. The highest BCUT2D eigenvalue weighted by Gasteiger charge is 2.64. The van der Waals surface area contributed by atoms with Crippen LogP contribution in [0.25, 0.3) is 11.1 Å². The number of likely N-dealkylation sites (tertiary alicyclic amines) is 1. The summed E-state index contributed by atoms with van der Waals surface area (Å²) in [6.45, 7) is 22.7. The van der Waals surface area contributed by atoms with Crippen molar-refractivity contribution in [2.75, 3.05) is 49.1 Å². The van der Waals surface area contributed by atoms with E-state index >= 15 is 0 Å². The summed E-state index contributed by atoms with van der Waals surface area (Å²) in [7, 11) is 1.97. The van der Waals surface area contributed by atoms with E-state index in [9.17, 15) is 14.9 Å². The summed E-state index contributed by atoms with van der Waals surface area (Å²) in [5, 5.41) is 22.8. The Kier molecular flexibility index (Phi) is 12.0. The molecule has 378 valence electrons. The molecular formula is C57H72N12O3. The van der Waals surface area contributed by atoms with Crippen LogP contribution in [0.4, 0.5) is 17.5 Å². The van der Waals surface area contributed by atoms with Crippen LogP contribution in [0.15, 0.2) is 49.1 Å². The van der Waals surface area contributed by atoms with Gasteiger partial charge in [0.25, 0.3) is 5.91 Å². The largest absolute Gasteiger partial charge is 0.489 e. The van der Waals surface area contributed by atoms with Crippen LogP contribution in [0.1, 0.15) is 135 Å². The summed E-state index contributed by atoms with van der Waals surface area (Å²) in [6.07, 6.45) is 17.2. The zero-order chi connectivity index (χ0) is 50.4. The van der Waals surface area contributed by atoms with Crippen molar-refractivity contribution in [1.29, 1.82) is 5.26 Å². The highest BCUT2D eigenvalue weighted by molar-refractivity contribution is 5.94. The zero-order valence-electron chi connectivity index (χ0n) is 43.9. The molecule has 0 atom stereocenters. The summed E-state index contributed by atoms with van der Waals surface area (Å²) >= 11 is 0. The number of fused-ring (bicyclic) bond motifs is 2. The van der Waals surface area contributed by atoms with E-state index < -0.39 is 0 Å². The van der Waals surface area contributed by atoms with E-state index in [1.807, 2.05) is 48.8 Å². The van der Waals surface area contributed by atoms with Gasteiger partial charge in [-0.3, -0.25) is 19.0 Å². The van der Waals surface area contributed by atoms with Gasteiger partial charge in [0.15, 0.2) is 5.82 Å². The third-order valence-corrected chi connectivity index (χ3v) is 18.2. The third-order valence-electron chi connectivity index (χ3n) is 18.2. The van der Waals surface area contributed by atoms with Crippen LogP contribution in [0.2, 0.25) is 0 Å². The normalized spacial score (nSPS) is 22.6. The molecule has 2 aromatic carbocycles. The second kappa shape index (κ2) is 18.0. The van der Waals surface area contributed by atoms with Gasteiger partial charge in [0.1, 0.15) is 11.9 Å². The van der Waals surface area contributed by atoms with Crippen LogP contribution in [0.5, 0.6) is 5.75 Å². The minimum atomic E-state index is -0.337. The number of amides is 2. The highest BCUT2D eigenvalue weighted by atomic mass is 16.5. The quantitative estimate of drug-likeness (QED) is 0.151. The number of aromatic nitrogens is 6. The van der Waals surface area contributed by atoms with Crippen molar-refractivity contribution in [3.8, 4) is 22.9 Å². The van der Waals surface area contributed by atoms with Crippen molar-refractivity contribution < 1.29 is 14.3 Å². The Morgan fingerprint density at radius 2 is 1.60 bits per heavy atom. The first-order chi connectivity index (χ1) is 34.4. The minimum absolute atomic E-state index is 0.128. The molecule has 2 amide bonds. The van der Waals surface area contributed by atoms with Crippen LogP contribution >= 0.6 is 0 Å². The first-order valence-electron chi connectivity index (χ1n) is 26.5. The Balaban J connectivity index is 0.687. The molecule has 15 nitrogen and oxygen atoms in total. The van der Waals surface area contributed by atoms with Crippen LogP contribution in [-0.2, 0) is 31.2 Å². The number of hydrogen-bond donors (Lipinski definition) is 1. The number of carbonyl (C=O) groups excluding carboxylic acids is 2. The molecule has 4 aliphatic heterocycles. The predicted octanol–water partition coefficient (Wildman–Crippen LogP) is 8.56. The van der Waals surface area contributed by atoms with Crippen molar-refractivity contribution >= 4 is 29.3 Å². The smallest absolute Gasteiger partial charge is 0.254 e. The van der Waals surface area contributed by atoms with Crippen LogP contribution in [-0.4, -0.2) is 109 Å². The van der Waals surface area contributed by atoms with Crippen LogP contribution < -0.4 is 19.9 Å². The van der Waals surface area contributed by atoms with Crippen LogP contribution in [0.3, 0.4) is 0 Å². The van der Waals surface area contributed by atoms with Crippen molar-refractivity contribution in [2.45, 2.75) is 144 Å². The van der Waals surface area contributed by atoms with E-state index in [2.05, 4.69) is 88.8 Å². The fourth-order valence-corrected chi connectivity index (χ4v) is 14.1. The monoisotopic (exact) mass is 973 g/mol. The molecule has 2 saturated heterocycles. The maximum atomic E-state index is 13.7. The summed E-state index contributed by atoms with van der Waals surface area (Å²) in [5.74, 6) is 2.46. The van der Waals surface area contributed by atoms with E-state index in [0.717, 1.165) is 99.6 Å². The lowest BCUT2D eigenvalue weighted by Crippen LogP contribution is -2.74. The number of piperidine rings is 1. The predicted molar refractivity (Wildman–Crippen MR) is 278 cm³/mol. The minimum Gasteiger partial charge on any atom is -0.489 e. The molecule has 11 rings (SSSR count). The Labute approximate surface area is 424 Å².